The van der Waals surface area contributed by atoms with Gasteiger partial charge in [0.2, 0.25) is 0 Å². The SMILES string of the molecule is COCCSc1ccc2c(c1)CN(C(=O)OC(C)(C)C)C2O. The van der Waals surface area contributed by atoms with Gasteiger partial charge < -0.3 is 14.6 Å². The highest BCUT2D eigenvalue weighted by molar-refractivity contribution is 7.99. The predicted molar refractivity (Wildman–Crippen MR) is 85.8 cm³/mol. The molecule has 0 saturated heterocycles. The third-order valence-corrected chi connectivity index (χ3v) is 4.17. The van der Waals surface area contributed by atoms with Gasteiger partial charge in [0, 0.05) is 23.3 Å². The third-order valence-electron chi connectivity index (χ3n) is 3.21. The number of aliphatic hydroxyl groups is 1. The molecule has 6 heteroatoms. The zero-order valence-electron chi connectivity index (χ0n) is 13.5. The van der Waals surface area contributed by atoms with Crippen LogP contribution >= 0.6 is 11.8 Å². The van der Waals surface area contributed by atoms with Gasteiger partial charge in [0.05, 0.1) is 13.2 Å². The van der Waals surface area contributed by atoms with Crippen molar-refractivity contribution in [2.45, 2.75) is 44.0 Å². The second kappa shape index (κ2) is 6.89. The second-order valence-corrected chi connectivity index (χ2v) is 7.35. The quantitative estimate of drug-likeness (QED) is 0.680. The summed E-state index contributed by atoms with van der Waals surface area (Å²) in [6.07, 6.45) is -1.44. The maximum atomic E-state index is 12.2. The summed E-state index contributed by atoms with van der Waals surface area (Å²) in [5, 5.41) is 10.3. The van der Waals surface area contributed by atoms with E-state index in [0.717, 1.165) is 21.8 Å². The molecular formula is C16H23NO4S. The zero-order valence-corrected chi connectivity index (χ0v) is 14.3. The lowest BCUT2D eigenvalue weighted by Gasteiger charge is -2.26. The minimum absolute atomic E-state index is 0.365. The molecule has 22 heavy (non-hydrogen) atoms. The molecule has 0 aromatic heterocycles. The maximum absolute atomic E-state index is 12.2. The summed E-state index contributed by atoms with van der Waals surface area (Å²) in [6.45, 7) is 6.49. The topological polar surface area (TPSA) is 59.0 Å². The van der Waals surface area contributed by atoms with Crippen molar-refractivity contribution in [1.82, 2.24) is 4.90 Å². The Hall–Kier alpha value is -1.24. The van der Waals surface area contributed by atoms with Crippen LogP contribution in [0.25, 0.3) is 0 Å². The summed E-state index contributed by atoms with van der Waals surface area (Å²) in [4.78, 5) is 14.6. The molecule has 0 bridgehead atoms. The molecule has 1 aliphatic heterocycles. The monoisotopic (exact) mass is 325 g/mol. The number of fused-ring (bicyclic) bond motifs is 1. The van der Waals surface area contributed by atoms with Crippen LogP contribution in [0.5, 0.6) is 0 Å². The molecule has 1 aromatic rings. The van der Waals surface area contributed by atoms with Gasteiger partial charge in [-0.3, -0.25) is 4.90 Å². The number of nitrogens with zero attached hydrogens (tertiary/aromatic N) is 1. The normalized spacial score (nSPS) is 17.5. The molecule has 5 nitrogen and oxygen atoms in total. The third kappa shape index (κ3) is 4.15. The lowest BCUT2D eigenvalue weighted by molar-refractivity contribution is -0.0257. The van der Waals surface area contributed by atoms with E-state index >= 15 is 0 Å². The number of hydrogen-bond acceptors (Lipinski definition) is 5. The summed E-state index contributed by atoms with van der Waals surface area (Å²) in [7, 11) is 1.68. The predicted octanol–water partition coefficient (Wildman–Crippen LogP) is 3.17. The maximum Gasteiger partial charge on any atom is 0.412 e. The van der Waals surface area contributed by atoms with Crippen molar-refractivity contribution >= 4 is 17.9 Å². The standard InChI is InChI=1S/C16H23NO4S/c1-16(2,3)21-15(19)17-10-11-9-12(22-8-7-20-4)5-6-13(11)14(17)18/h5-6,9,14,18H,7-8,10H2,1-4H3. The summed E-state index contributed by atoms with van der Waals surface area (Å²) in [6, 6.07) is 5.85. The van der Waals surface area contributed by atoms with Gasteiger partial charge in [0.25, 0.3) is 0 Å². The van der Waals surface area contributed by atoms with Crippen molar-refractivity contribution in [2.24, 2.45) is 0 Å². The molecule has 1 heterocycles. The van der Waals surface area contributed by atoms with Crippen molar-refractivity contribution in [3.05, 3.63) is 29.3 Å². The number of carbonyl (C=O) groups is 1. The Morgan fingerprint density at radius 1 is 1.45 bits per heavy atom. The average molecular weight is 325 g/mol. The van der Waals surface area contributed by atoms with Gasteiger partial charge in [-0.25, -0.2) is 4.79 Å². The Bertz CT molecular complexity index is 541. The van der Waals surface area contributed by atoms with Crippen LogP contribution in [0, 0.1) is 0 Å². The van der Waals surface area contributed by atoms with E-state index in [-0.39, 0.29) is 0 Å². The molecule has 0 spiro atoms. The van der Waals surface area contributed by atoms with E-state index in [1.807, 2.05) is 39.0 Å². The van der Waals surface area contributed by atoms with Gasteiger partial charge in [0.15, 0.2) is 6.23 Å². The molecule has 0 fully saturated rings. The highest BCUT2D eigenvalue weighted by Crippen LogP contribution is 2.35. The van der Waals surface area contributed by atoms with Gasteiger partial charge in [-0.1, -0.05) is 6.07 Å². The van der Waals surface area contributed by atoms with Crippen molar-refractivity contribution in [3.8, 4) is 0 Å². The van der Waals surface area contributed by atoms with E-state index < -0.39 is 17.9 Å². The van der Waals surface area contributed by atoms with E-state index in [1.165, 1.54) is 4.90 Å². The summed E-state index contributed by atoms with van der Waals surface area (Å²) < 4.78 is 10.4. The van der Waals surface area contributed by atoms with Crippen LogP contribution in [-0.4, -0.2) is 41.2 Å². The van der Waals surface area contributed by atoms with Gasteiger partial charge in [-0.2, -0.15) is 0 Å². The van der Waals surface area contributed by atoms with Gasteiger partial charge in [0.1, 0.15) is 5.60 Å². The van der Waals surface area contributed by atoms with Gasteiger partial charge in [-0.05, 0) is 38.5 Å². The number of carbonyl (C=O) groups excluding carboxylic acids is 1. The van der Waals surface area contributed by atoms with Crippen LogP contribution in [-0.2, 0) is 16.0 Å². The highest BCUT2D eigenvalue weighted by atomic mass is 32.2. The van der Waals surface area contributed by atoms with Crippen molar-refractivity contribution in [3.63, 3.8) is 0 Å². The Balaban J connectivity index is 2.07. The average Bonchev–Trinajstić information content (AvgIpc) is 2.74. The number of methoxy groups -OCH3 is 1. The van der Waals surface area contributed by atoms with E-state index in [9.17, 15) is 9.90 Å². The number of rotatable bonds is 4. The smallest absolute Gasteiger partial charge is 0.412 e. The fourth-order valence-corrected chi connectivity index (χ4v) is 3.10. The summed E-state index contributed by atoms with van der Waals surface area (Å²) in [5.74, 6) is 0.869. The molecule has 1 amide bonds. The molecule has 1 atom stereocenters. The largest absolute Gasteiger partial charge is 0.444 e. The first-order chi connectivity index (χ1) is 10.3. The molecule has 0 aliphatic carbocycles. The lowest BCUT2D eigenvalue weighted by Crippen LogP contribution is -2.35. The Morgan fingerprint density at radius 2 is 2.18 bits per heavy atom. The molecule has 1 unspecified atom stereocenters. The highest BCUT2D eigenvalue weighted by Gasteiger charge is 2.34. The van der Waals surface area contributed by atoms with Crippen LogP contribution in [0.1, 0.15) is 38.1 Å². The second-order valence-electron chi connectivity index (χ2n) is 6.18. The molecule has 2 rings (SSSR count). The number of benzene rings is 1. The van der Waals surface area contributed by atoms with E-state index in [1.54, 1.807) is 18.9 Å². The fraction of sp³-hybridized carbons (Fsp3) is 0.562. The van der Waals surface area contributed by atoms with Crippen molar-refractivity contribution < 1.29 is 19.4 Å². The molecule has 1 aromatic carbocycles. The first-order valence-electron chi connectivity index (χ1n) is 7.24. The van der Waals surface area contributed by atoms with Crippen molar-refractivity contribution in [2.75, 3.05) is 19.5 Å². The Labute approximate surface area is 135 Å². The molecule has 0 saturated carbocycles. The van der Waals surface area contributed by atoms with Crippen molar-refractivity contribution in [1.29, 1.82) is 0 Å². The number of hydrogen-bond donors (Lipinski definition) is 1. The van der Waals surface area contributed by atoms with Crippen LogP contribution in [0.2, 0.25) is 0 Å². The van der Waals surface area contributed by atoms with E-state index in [2.05, 4.69) is 0 Å². The molecular weight excluding hydrogens is 302 g/mol. The van der Waals surface area contributed by atoms with Crippen LogP contribution in [0.15, 0.2) is 23.1 Å². The van der Waals surface area contributed by atoms with Gasteiger partial charge >= 0.3 is 6.09 Å². The fourth-order valence-electron chi connectivity index (χ4n) is 2.23. The lowest BCUT2D eigenvalue weighted by atomic mass is 10.1. The molecule has 122 valence electrons. The van der Waals surface area contributed by atoms with Crippen LogP contribution < -0.4 is 0 Å². The van der Waals surface area contributed by atoms with E-state index in [4.69, 9.17) is 9.47 Å². The number of aliphatic hydroxyl groups excluding tert-OH is 1. The van der Waals surface area contributed by atoms with Crippen LogP contribution in [0.3, 0.4) is 0 Å². The summed E-state index contributed by atoms with van der Waals surface area (Å²) in [5.41, 5.74) is 1.15. The van der Waals surface area contributed by atoms with E-state index in [0.29, 0.717) is 13.2 Å². The minimum atomic E-state index is -0.942. The zero-order chi connectivity index (χ0) is 16.3. The number of thioether (sulfide) groups is 1. The molecule has 1 N–H and O–H groups in total. The molecule has 0 radical (unpaired) electrons. The number of ether oxygens (including phenoxy) is 2. The molecule has 1 aliphatic rings. The minimum Gasteiger partial charge on any atom is -0.444 e. The van der Waals surface area contributed by atoms with Crippen LogP contribution in [0.4, 0.5) is 4.79 Å². The first kappa shape index (κ1) is 17.1. The number of amides is 1. The summed E-state index contributed by atoms with van der Waals surface area (Å²) >= 11 is 1.69. The first-order valence-corrected chi connectivity index (χ1v) is 8.22. The Morgan fingerprint density at radius 3 is 2.82 bits per heavy atom. The Kier molecular flexibility index (Phi) is 5.36. The van der Waals surface area contributed by atoms with Gasteiger partial charge in [-0.15, -0.1) is 11.8 Å².